The number of fused-ring (bicyclic) bond motifs is 1. The van der Waals surface area contributed by atoms with Crippen molar-refractivity contribution < 1.29 is 4.39 Å². The molecule has 0 radical (unpaired) electrons. The molecule has 0 atom stereocenters. The van der Waals surface area contributed by atoms with Gasteiger partial charge in [0.2, 0.25) is 0 Å². The first kappa shape index (κ1) is 20.9. The smallest absolute Gasteiger partial charge is 0.143 e. The fraction of sp³-hybridized carbons (Fsp3) is 0.250. The van der Waals surface area contributed by atoms with E-state index in [1.165, 1.54) is 24.0 Å². The molecule has 32 heavy (non-hydrogen) atoms. The van der Waals surface area contributed by atoms with Crippen molar-refractivity contribution in [2.45, 2.75) is 6.54 Å². The quantitative estimate of drug-likeness (QED) is 0.452. The summed E-state index contributed by atoms with van der Waals surface area (Å²) >= 11 is 5.90. The van der Waals surface area contributed by atoms with Crippen molar-refractivity contribution in [3.05, 3.63) is 71.3 Å². The van der Waals surface area contributed by atoms with Crippen LogP contribution in [-0.2, 0) is 6.54 Å². The van der Waals surface area contributed by atoms with E-state index < -0.39 is 5.82 Å². The normalized spacial score (nSPS) is 15.3. The maximum atomic E-state index is 13.5. The largest absolute Gasteiger partial charge is 0.340 e. The van der Waals surface area contributed by atoms with E-state index in [0.29, 0.717) is 11.5 Å². The lowest BCUT2D eigenvalue weighted by atomic mass is 10.1. The molecule has 0 amide bonds. The van der Waals surface area contributed by atoms with Crippen molar-refractivity contribution in [3.63, 3.8) is 0 Å². The zero-order valence-electron chi connectivity index (χ0n) is 17.8. The Labute approximate surface area is 191 Å². The van der Waals surface area contributed by atoms with Crippen molar-refractivity contribution in [2.24, 2.45) is 0 Å². The number of H-pyrrole nitrogens is 1. The molecule has 0 unspecified atom stereocenters. The van der Waals surface area contributed by atoms with Crippen LogP contribution < -0.4 is 5.32 Å². The van der Waals surface area contributed by atoms with Crippen LogP contribution in [0.3, 0.4) is 0 Å². The van der Waals surface area contributed by atoms with Crippen LogP contribution >= 0.6 is 11.6 Å². The zero-order valence-corrected chi connectivity index (χ0v) is 18.5. The Hall–Kier alpha value is -3.00. The van der Waals surface area contributed by atoms with Crippen LogP contribution in [0.5, 0.6) is 0 Å². The second kappa shape index (κ2) is 8.86. The highest BCUT2D eigenvalue weighted by molar-refractivity contribution is 6.31. The Morgan fingerprint density at radius 2 is 1.81 bits per heavy atom. The summed E-state index contributed by atoms with van der Waals surface area (Å²) in [5, 5.41) is 4.12. The third-order valence-electron chi connectivity index (χ3n) is 5.88. The molecule has 4 aromatic rings. The van der Waals surface area contributed by atoms with E-state index in [2.05, 4.69) is 61.4 Å². The second-order valence-corrected chi connectivity index (χ2v) is 8.61. The highest BCUT2D eigenvalue weighted by Crippen LogP contribution is 2.29. The van der Waals surface area contributed by atoms with Crippen molar-refractivity contribution in [3.8, 4) is 11.3 Å². The summed E-state index contributed by atoms with van der Waals surface area (Å²) in [7, 11) is 2.17. The second-order valence-electron chi connectivity index (χ2n) is 8.20. The molecular weight excluding hydrogens is 427 g/mol. The van der Waals surface area contributed by atoms with Gasteiger partial charge >= 0.3 is 0 Å². The first-order valence-electron chi connectivity index (χ1n) is 10.6. The summed E-state index contributed by atoms with van der Waals surface area (Å²) < 4.78 is 13.5. The van der Waals surface area contributed by atoms with Crippen molar-refractivity contribution in [1.82, 2.24) is 24.8 Å². The van der Waals surface area contributed by atoms with Crippen molar-refractivity contribution in [2.75, 3.05) is 38.5 Å². The number of halogens is 2. The number of aromatic nitrogens is 3. The average Bonchev–Trinajstić information content (AvgIpc) is 3.24. The zero-order chi connectivity index (χ0) is 22.1. The van der Waals surface area contributed by atoms with E-state index >= 15 is 0 Å². The van der Waals surface area contributed by atoms with Gasteiger partial charge in [0.15, 0.2) is 0 Å². The Morgan fingerprint density at radius 3 is 2.56 bits per heavy atom. The van der Waals surface area contributed by atoms with E-state index in [0.717, 1.165) is 55.0 Å². The van der Waals surface area contributed by atoms with E-state index in [9.17, 15) is 4.39 Å². The van der Waals surface area contributed by atoms with Gasteiger partial charge in [0.1, 0.15) is 23.6 Å². The summed E-state index contributed by atoms with van der Waals surface area (Å²) in [6, 6.07) is 15.2. The predicted molar refractivity (Wildman–Crippen MR) is 127 cm³/mol. The minimum absolute atomic E-state index is 0.0618. The summed E-state index contributed by atoms with van der Waals surface area (Å²) in [5.74, 6) is 0.178. The first-order chi connectivity index (χ1) is 15.5. The van der Waals surface area contributed by atoms with Gasteiger partial charge in [-0.3, -0.25) is 4.90 Å². The number of rotatable bonds is 5. The van der Waals surface area contributed by atoms with Crippen LogP contribution in [0.15, 0.2) is 54.9 Å². The summed E-state index contributed by atoms with van der Waals surface area (Å²) in [5.41, 5.74) is 4.75. The monoisotopic (exact) mass is 450 g/mol. The number of aromatic amines is 1. The maximum Gasteiger partial charge on any atom is 0.143 e. The highest BCUT2D eigenvalue weighted by atomic mass is 35.5. The van der Waals surface area contributed by atoms with Gasteiger partial charge in [-0.05, 0) is 42.4 Å². The Kier molecular flexibility index (Phi) is 5.78. The Bertz CT molecular complexity index is 1230. The summed E-state index contributed by atoms with van der Waals surface area (Å²) in [6.07, 6.45) is 1.50. The Morgan fingerprint density at radius 1 is 1.03 bits per heavy atom. The van der Waals surface area contributed by atoms with Gasteiger partial charge in [-0.25, -0.2) is 14.4 Å². The average molecular weight is 451 g/mol. The number of hydrogen-bond donors (Lipinski definition) is 2. The fourth-order valence-corrected chi connectivity index (χ4v) is 4.14. The highest BCUT2D eigenvalue weighted by Gasteiger charge is 2.14. The van der Waals surface area contributed by atoms with Crippen LogP contribution in [0.1, 0.15) is 5.56 Å². The molecule has 5 rings (SSSR count). The molecule has 1 saturated heterocycles. The number of nitrogens with zero attached hydrogens (tertiary/aromatic N) is 4. The van der Waals surface area contributed by atoms with Crippen LogP contribution in [0.25, 0.3) is 22.3 Å². The lowest BCUT2D eigenvalue weighted by Gasteiger charge is -2.32. The van der Waals surface area contributed by atoms with Crippen LogP contribution in [-0.4, -0.2) is 58.0 Å². The van der Waals surface area contributed by atoms with E-state index in [1.807, 2.05) is 6.07 Å². The molecule has 2 N–H and O–H groups in total. The molecule has 1 fully saturated rings. The van der Waals surface area contributed by atoms with Crippen molar-refractivity contribution >= 4 is 34.1 Å². The van der Waals surface area contributed by atoms with E-state index in [1.54, 1.807) is 6.07 Å². The number of benzene rings is 2. The fourth-order valence-electron chi connectivity index (χ4n) is 3.96. The van der Waals surface area contributed by atoms with Crippen LogP contribution in [0.2, 0.25) is 5.02 Å². The van der Waals surface area contributed by atoms with Gasteiger partial charge in [0.25, 0.3) is 0 Å². The van der Waals surface area contributed by atoms with Crippen molar-refractivity contribution in [1.29, 1.82) is 0 Å². The van der Waals surface area contributed by atoms with Gasteiger partial charge in [-0.15, -0.1) is 0 Å². The summed E-state index contributed by atoms with van der Waals surface area (Å²) in [4.78, 5) is 16.9. The standard InChI is InChI=1S/C24H24ClFN6/c1-31-8-10-32(11-9-31)14-16-2-4-17(5-3-16)22-13-19-23(27-15-28-24(19)30-22)29-18-6-7-21(26)20(25)12-18/h2-7,12-13,15H,8-11,14H2,1H3,(H2,27,28,29,30). The third-order valence-corrected chi connectivity index (χ3v) is 6.16. The lowest BCUT2D eigenvalue weighted by molar-refractivity contribution is 0.148. The number of hydrogen-bond acceptors (Lipinski definition) is 5. The molecular formula is C24H24ClFN6. The SMILES string of the molecule is CN1CCN(Cc2ccc(-c3cc4c(Nc5ccc(F)c(Cl)c5)ncnc4[nH]3)cc2)CC1. The van der Waals surface area contributed by atoms with E-state index in [4.69, 9.17) is 11.6 Å². The van der Waals surface area contributed by atoms with Gasteiger partial charge < -0.3 is 15.2 Å². The number of anilines is 2. The molecule has 0 saturated carbocycles. The molecule has 3 heterocycles. The molecule has 1 aliphatic rings. The third kappa shape index (κ3) is 4.46. The molecule has 2 aromatic heterocycles. The lowest BCUT2D eigenvalue weighted by Crippen LogP contribution is -2.43. The number of nitrogens with one attached hydrogen (secondary N) is 2. The van der Waals surface area contributed by atoms with Gasteiger partial charge in [0, 0.05) is 44.1 Å². The first-order valence-corrected chi connectivity index (χ1v) is 11.0. The van der Waals surface area contributed by atoms with Crippen LogP contribution in [0, 0.1) is 5.82 Å². The number of piperazine rings is 1. The summed E-state index contributed by atoms with van der Waals surface area (Å²) in [6.45, 7) is 5.42. The van der Waals surface area contributed by atoms with Gasteiger partial charge in [-0.2, -0.15) is 0 Å². The molecule has 2 aromatic carbocycles. The molecule has 6 nitrogen and oxygen atoms in total. The molecule has 164 valence electrons. The minimum Gasteiger partial charge on any atom is -0.340 e. The molecule has 8 heteroatoms. The molecule has 0 spiro atoms. The Balaban J connectivity index is 1.35. The topological polar surface area (TPSA) is 60.1 Å². The van der Waals surface area contributed by atoms with Gasteiger partial charge in [-0.1, -0.05) is 35.9 Å². The molecule has 1 aliphatic heterocycles. The van der Waals surface area contributed by atoms with Gasteiger partial charge in [0.05, 0.1) is 10.4 Å². The minimum atomic E-state index is -0.454. The number of likely N-dealkylation sites (N-methyl/N-ethyl adjacent to an activating group) is 1. The van der Waals surface area contributed by atoms with E-state index in [-0.39, 0.29) is 5.02 Å². The molecule has 0 aliphatic carbocycles. The predicted octanol–water partition coefficient (Wildman–Crippen LogP) is 4.91. The molecule has 0 bridgehead atoms. The van der Waals surface area contributed by atoms with Crippen LogP contribution in [0.4, 0.5) is 15.9 Å². The maximum absolute atomic E-state index is 13.5.